The van der Waals surface area contributed by atoms with Gasteiger partial charge in [0.15, 0.2) is 5.82 Å². The molecule has 200 valence electrons. The fourth-order valence-corrected chi connectivity index (χ4v) is 6.01. The van der Waals surface area contributed by atoms with E-state index in [4.69, 9.17) is 9.72 Å². The molecular formula is C30H33N7O2. The smallest absolute Gasteiger partial charge is 0.222 e. The topological polar surface area (TPSA) is 103 Å². The summed E-state index contributed by atoms with van der Waals surface area (Å²) in [5, 5.41) is 20.0. The first-order chi connectivity index (χ1) is 19.1. The van der Waals surface area contributed by atoms with Crippen molar-refractivity contribution < 1.29 is 9.53 Å². The number of ether oxygens (including phenoxy) is 1. The predicted molar refractivity (Wildman–Crippen MR) is 149 cm³/mol. The maximum Gasteiger partial charge on any atom is 0.222 e. The Morgan fingerprint density at radius 3 is 2.74 bits per heavy atom. The zero-order chi connectivity index (χ0) is 26.3. The van der Waals surface area contributed by atoms with Gasteiger partial charge in [0.05, 0.1) is 23.6 Å². The minimum absolute atomic E-state index is 0.117. The number of amides is 1. The number of benzene rings is 2. The lowest BCUT2D eigenvalue weighted by Crippen LogP contribution is -2.33. The van der Waals surface area contributed by atoms with Gasteiger partial charge in [-0.25, -0.2) is 4.98 Å². The van der Waals surface area contributed by atoms with Crippen LogP contribution in [-0.2, 0) is 11.3 Å². The van der Waals surface area contributed by atoms with Crippen molar-refractivity contribution >= 4 is 28.8 Å². The molecule has 0 spiro atoms. The molecule has 2 N–H and O–H groups in total. The first-order valence-electron chi connectivity index (χ1n) is 13.9. The minimum atomic E-state index is 0.117. The number of aromatic nitrogens is 5. The second-order valence-electron chi connectivity index (χ2n) is 11.0. The molecule has 9 heteroatoms. The average molecular weight is 524 g/mol. The second-order valence-corrected chi connectivity index (χ2v) is 11.0. The van der Waals surface area contributed by atoms with Gasteiger partial charge in [0.1, 0.15) is 18.2 Å². The van der Waals surface area contributed by atoms with E-state index in [0.717, 1.165) is 82.5 Å². The third-order valence-electron chi connectivity index (χ3n) is 8.39. The largest absolute Gasteiger partial charge is 0.491 e. The standard InChI is InChI=1S/C30H33N7O2/c1-36-23(8-11-28(36)38)18-39-24-9-6-19-14-21(5-4-20(19)15-24)29-25-16-22(7-10-26(25)32-34-29)30-31-27(33-35-30)17-37-12-2-3-13-37/h4-6,9-10,14-16,22-23,32H,2-3,7-8,11-13,17-18H2,1H3,(H,31,33,35). The second kappa shape index (κ2) is 9.96. The molecule has 2 aromatic heterocycles. The van der Waals surface area contributed by atoms with Crippen LogP contribution in [0.15, 0.2) is 36.4 Å². The number of hydrogen-bond acceptors (Lipinski definition) is 6. The molecule has 1 aliphatic carbocycles. The molecule has 1 amide bonds. The van der Waals surface area contributed by atoms with Crippen LogP contribution >= 0.6 is 0 Å². The number of H-pyrrole nitrogens is 2. The Labute approximate surface area is 226 Å². The third kappa shape index (κ3) is 4.71. The summed E-state index contributed by atoms with van der Waals surface area (Å²) in [4.78, 5) is 20.8. The highest BCUT2D eigenvalue weighted by molar-refractivity contribution is 5.88. The molecule has 4 aromatic rings. The lowest BCUT2D eigenvalue weighted by atomic mass is 9.96. The van der Waals surface area contributed by atoms with Crippen molar-refractivity contribution in [3.8, 4) is 17.0 Å². The lowest BCUT2D eigenvalue weighted by molar-refractivity contribution is -0.127. The summed E-state index contributed by atoms with van der Waals surface area (Å²) in [6.45, 7) is 3.64. The summed E-state index contributed by atoms with van der Waals surface area (Å²) in [5.74, 6) is 2.92. The van der Waals surface area contributed by atoms with Crippen LogP contribution in [0.1, 0.15) is 49.7 Å². The maximum absolute atomic E-state index is 11.8. The molecular weight excluding hydrogens is 490 g/mol. The molecule has 2 aromatic carbocycles. The number of nitrogens with one attached hydrogen (secondary N) is 2. The number of nitrogens with zero attached hydrogens (tertiary/aromatic N) is 5. The molecule has 2 aliphatic heterocycles. The molecule has 0 radical (unpaired) electrons. The summed E-state index contributed by atoms with van der Waals surface area (Å²) in [6, 6.07) is 12.7. The van der Waals surface area contributed by atoms with Crippen molar-refractivity contribution in [1.82, 2.24) is 35.2 Å². The van der Waals surface area contributed by atoms with Crippen molar-refractivity contribution in [2.45, 2.75) is 50.6 Å². The molecule has 0 saturated carbocycles. The van der Waals surface area contributed by atoms with Crippen LogP contribution in [0.4, 0.5) is 0 Å². The van der Waals surface area contributed by atoms with E-state index >= 15 is 0 Å². The molecule has 4 heterocycles. The van der Waals surface area contributed by atoms with Gasteiger partial charge < -0.3 is 9.64 Å². The van der Waals surface area contributed by atoms with Crippen molar-refractivity contribution in [2.75, 3.05) is 26.7 Å². The van der Waals surface area contributed by atoms with E-state index in [1.54, 1.807) is 4.90 Å². The summed E-state index contributed by atoms with van der Waals surface area (Å²) < 4.78 is 6.05. The number of rotatable bonds is 7. The van der Waals surface area contributed by atoms with Crippen LogP contribution < -0.4 is 15.3 Å². The van der Waals surface area contributed by atoms with E-state index in [0.29, 0.717) is 13.0 Å². The van der Waals surface area contributed by atoms with Crippen LogP contribution in [0.25, 0.3) is 34.2 Å². The van der Waals surface area contributed by atoms with Gasteiger partial charge in [0.25, 0.3) is 0 Å². The highest BCUT2D eigenvalue weighted by Crippen LogP contribution is 2.27. The number of carbonyl (C=O) groups is 1. The number of fused-ring (bicyclic) bond motifs is 2. The normalized spacial score (nSPS) is 21.3. The highest BCUT2D eigenvalue weighted by atomic mass is 16.5. The van der Waals surface area contributed by atoms with Crippen molar-refractivity contribution in [3.63, 3.8) is 0 Å². The number of aromatic amines is 2. The summed E-state index contributed by atoms with van der Waals surface area (Å²) in [6.07, 6.45) is 9.30. The Bertz CT molecular complexity index is 1650. The Hall–Kier alpha value is -3.98. The van der Waals surface area contributed by atoms with E-state index in [1.165, 1.54) is 12.8 Å². The number of hydrogen-bond donors (Lipinski definition) is 2. The average Bonchev–Trinajstić information content (AvgIpc) is 3.77. The van der Waals surface area contributed by atoms with E-state index in [9.17, 15) is 4.79 Å². The molecule has 7 rings (SSSR count). The molecule has 39 heavy (non-hydrogen) atoms. The molecule has 2 fully saturated rings. The minimum Gasteiger partial charge on any atom is -0.491 e. The van der Waals surface area contributed by atoms with Crippen molar-refractivity contribution in [2.24, 2.45) is 0 Å². The molecule has 2 unspecified atom stereocenters. The van der Waals surface area contributed by atoms with Crippen molar-refractivity contribution in [1.29, 1.82) is 0 Å². The van der Waals surface area contributed by atoms with Crippen LogP contribution in [0.5, 0.6) is 5.75 Å². The Kier molecular flexibility index (Phi) is 6.15. The van der Waals surface area contributed by atoms with Gasteiger partial charge in [0.2, 0.25) is 5.91 Å². The van der Waals surface area contributed by atoms with Gasteiger partial charge in [-0.05, 0) is 67.7 Å². The van der Waals surface area contributed by atoms with Gasteiger partial charge in [-0.1, -0.05) is 30.4 Å². The molecule has 9 nitrogen and oxygen atoms in total. The SMILES string of the molecule is CN1C(=O)CCC1COc1ccc2cc(-c3n[nH]c4c3=CC(c3n[nH]c(CN5CCCC5)n3)CC=4)ccc2c1. The number of likely N-dealkylation sites (tertiary alicyclic amines) is 2. The van der Waals surface area contributed by atoms with Gasteiger partial charge in [-0.2, -0.15) is 10.2 Å². The Morgan fingerprint density at radius 1 is 1.05 bits per heavy atom. The highest BCUT2D eigenvalue weighted by Gasteiger charge is 2.28. The van der Waals surface area contributed by atoms with E-state index in [1.807, 2.05) is 13.1 Å². The quantitative estimate of drug-likeness (QED) is 0.386. The molecule has 2 saturated heterocycles. The fraction of sp³-hybridized carbons (Fsp3) is 0.400. The summed E-state index contributed by atoms with van der Waals surface area (Å²) >= 11 is 0. The Balaban J connectivity index is 1.11. The number of carbonyl (C=O) groups excluding carboxylic acids is 1. The van der Waals surface area contributed by atoms with Crippen LogP contribution in [0.2, 0.25) is 0 Å². The van der Waals surface area contributed by atoms with Gasteiger partial charge in [-0.3, -0.25) is 19.9 Å². The summed E-state index contributed by atoms with van der Waals surface area (Å²) in [7, 11) is 1.86. The van der Waals surface area contributed by atoms with E-state index in [2.05, 4.69) is 67.8 Å². The van der Waals surface area contributed by atoms with E-state index in [-0.39, 0.29) is 17.9 Å². The van der Waals surface area contributed by atoms with Gasteiger partial charge in [-0.15, -0.1) is 0 Å². The van der Waals surface area contributed by atoms with Gasteiger partial charge >= 0.3 is 0 Å². The molecule has 0 bridgehead atoms. The van der Waals surface area contributed by atoms with Gasteiger partial charge in [0, 0.05) is 30.2 Å². The first kappa shape index (κ1) is 24.1. The van der Waals surface area contributed by atoms with Crippen LogP contribution in [0.3, 0.4) is 0 Å². The molecule has 3 aliphatic rings. The summed E-state index contributed by atoms with van der Waals surface area (Å²) in [5.41, 5.74) is 2.00. The zero-order valence-corrected chi connectivity index (χ0v) is 22.2. The van der Waals surface area contributed by atoms with Crippen LogP contribution in [-0.4, -0.2) is 73.9 Å². The fourth-order valence-electron chi connectivity index (χ4n) is 6.01. The van der Waals surface area contributed by atoms with E-state index < -0.39 is 0 Å². The van der Waals surface area contributed by atoms with Crippen LogP contribution in [0, 0.1) is 0 Å². The predicted octanol–water partition coefficient (Wildman–Crippen LogP) is 2.69. The number of likely N-dealkylation sites (N-methyl/N-ethyl adjacent to an activating group) is 1. The first-order valence-corrected chi connectivity index (χ1v) is 13.9. The van der Waals surface area contributed by atoms with Crippen molar-refractivity contribution in [3.05, 3.63) is 58.6 Å². The Morgan fingerprint density at radius 2 is 1.90 bits per heavy atom. The molecule has 2 atom stereocenters. The zero-order valence-electron chi connectivity index (χ0n) is 22.2. The monoisotopic (exact) mass is 523 g/mol. The lowest BCUT2D eigenvalue weighted by Gasteiger charge is -2.20. The third-order valence-corrected chi connectivity index (χ3v) is 8.39. The maximum atomic E-state index is 11.8.